The summed E-state index contributed by atoms with van der Waals surface area (Å²) in [4.78, 5) is 6.75. The van der Waals surface area contributed by atoms with E-state index < -0.39 is 0 Å². The zero-order valence-corrected chi connectivity index (χ0v) is 11.3. The first-order valence-electron chi connectivity index (χ1n) is 6.19. The molecule has 96 valence electrons. The molecule has 1 aliphatic rings. The second-order valence-corrected chi connectivity index (χ2v) is 5.25. The lowest BCUT2D eigenvalue weighted by Crippen LogP contribution is -2.50. The van der Waals surface area contributed by atoms with Gasteiger partial charge in [-0.15, -0.1) is 0 Å². The van der Waals surface area contributed by atoms with Crippen molar-refractivity contribution in [3.63, 3.8) is 0 Å². The smallest absolute Gasteiger partial charge is 0.298 e. The lowest BCUT2D eigenvalue weighted by atomic mass is 10.2. The molecule has 1 aliphatic heterocycles. The minimum atomic E-state index is 0.391. The van der Waals surface area contributed by atoms with Crippen molar-refractivity contribution in [2.75, 3.05) is 24.5 Å². The number of nitrogens with one attached hydrogen (secondary N) is 1. The molecule has 1 aromatic heterocycles. The van der Waals surface area contributed by atoms with Crippen molar-refractivity contribution in [2.24, 2.45) is 0 Å². The normalized spacial score (nSPS) is 20.6. The number of aryl methyl sites for hydroxylation is 1. The Hall–Kier alpha value is -1.26. The van der Waals surface area contributed by atoms with Crippen LogP contribution in [0.1, 0.15) is 12.5 Å². The summed E-state index contributed by atoms with van der Waals surface area (Å²) in [6.45, 7) is 6.99. The van der Waals surface area contributed by atoms with Crippen molar-refractivity contribution >= 4 is 28.7 Å². The Morgan fingerprint density at radius 2 is 2.33 bits per heavy atom. The quantitative estimate of drug-likeness (QED) is 0.861. The molecular formula is C13H16ClN3O. The summed E-state index contributed by atoms with van der Waals surface area (Å²) >= 11 is 6.04. The maximum atomic E-state index is 6.04. The van der Waals surface area contributed by atoms with E-state index in [-0.39, 0.29) is 0 Å². The highest BCUT2D eigenvalue weighted by molar-refractivity contribution is 6.31. The molecular weight excluding hydrogens is 250 g/mol. The van der Waals surface area contributed by atoms with Gasteiger partial charge < -0.3 is 14.6 Å². The van der Waals surface area contributed by atoms with Crippen LogP contribution in [0.3, 0.4) is 0 Å². The molecule has 0 aliphatic carbocycles. The highest BCUT2D eigenvalue weighted by Gasteiger charge is 2.23. The van der Waals surface area contributed by atoms with Gasteiger partial charge in [-0.1, -0.05) is 11.6 Å². The number of nitrogens with zero attached hydrogens (tertiary/aromatic N) is 2. The molecule has 2 heterocycles. The summed E-state index contributed by atoms with van der Waals surface area (Å²) in [6.07, 6.45) is 0. The second-order valence-electron chi connectivity index (χ2n) is 4.81. The van der Waals surface area contributed by atoms with Crippen LogP contribution in [-0.4, -0.2) is 30.7 Å². The van der Waals surface area contributed by atoms with E-state index in [0.717, 1.165) is 36.3 Å². The van der Waals surface area contributed by atoms with Gasteiger partial charge >= 0.3 is 0 Å². The number of halogens is 1. The standard InChI is InChI=1S/C13H16ClN3O/c1-8-5-10(14)6-11-12(8)18-13(16-11)17-4-3-15-7-9(17)2/h5-6,9,15H,3-4,7H2,1-2H3/t9-/m0/s1. The van der Waals surface area contributed by atoms with E-state index in [1.165, 1.54) is 0 Å². The zero-order chi connectivity index (χ0) is 12.7. The first-order valence-corrected chi connectivity index (χ1v) is 6.57. The minimum Gasteiger partial charge on any atom is -0.423 e. The Morgan fingerprint density at radius 3 is 3.11 bits per heavy atom. The molecule has 0 amide bonds. The van der Waals surface area contributed by atoms with E-state index in [0.29, 0.717) is 17.1 Å². The van der Waals surface area contributed by atoms with Crippen molar-refractivity contribution in [3.05, 3.63) is 22.7 Å². The summed E-state index contributed by atoms with van der Waals surface area (Å²) in [5.41, 5.74) is 2.69. The van der Waals surface area contributed by atoms with Gasteiger partial charge in [0.25, 0.3) is 6.01 Å². The molecule has 4 nitrogen and oxygen atoms in total. The molecule has 1 aromatic carbocycles. The van der Waals surface area contributed by atoms with Crippen LogP contribution in [0.25, 0.3) is 11.1 Å². The van der Waals surface area contributed by atoms with E-state index in [2.05, 4.69) is 22.1 Å². The van der Waals surface area contributed by atoms with Crippen LogP contribution in [0.4, 0.5) is 6.01 Å². The van der Waals surface area contributed by atoms with E-state index in [4.69, 9.17) is 16.0 Å². The van der Waals surface area contributed by atoms with Crippen LogP contribution >= 0.6 is 11.6 Å². The molecule has 5 heteroatoms. The SMILES string of the molecule is Cc1cc(Cl)cc2nc(N3CCNC[C@@H]3C)oc12. The first kappa shape index (κ1) is 11.8. The van der Waals surface area contributed by atoms with Gasteiger partial charge in [-0.2, -0.15) is 4.98 Å². The monoisotopic (exact) mass is 265 g/mol. The van der Waals surface area contributed by atoms with Crippen LogP contribution in [0.2, 0.25) is 5.02 Å². The molecule has 2 aromatic rings. The van der Waals surface area contributed by atoms with Gasteiger partial charge in [0.1, 0.15) is 5.52 Å². The number of anilines is 1. The van der Waals surface area contributed by atoms with Crippen LogP contribution in [0, 0.1) is 6.92 Å². The number of hydrogen-bond acceptors (Lipinski definition) is 4. The second kappa shape index (κ2) is 4.44. The van der Waals surface area contributed by atoms with Gasteiger partial charge in [-0.3, -0.25) is 0 Å². The van der Waals surface area contributed by atoms with Gasteiger partial charge in [-0.25, -0.2) is 0 Å². The lowest BCUT2D eigenvalue weighted by molar-refractivity contribution is 0.456. The summed E-state index contributed by atoms with van der Waals surface area (Å²) in [6, 6.07) is 4.84. The van der Waals surface area contributed by atoms with E-state index in [9.17, 15) is 0 Å². The number of rotatable bonds is 1. The average molecular weight is 266 g/mol. The van der Waals surface area contributed by atoms with Gasteiger partial charge in [-0.05, 0) is 31.5 Å². The average Bonchev–Trinajstić information content (AvgIpc) is 2.73. The molecule has 1 fully saturated rings. The van der Waals surface area contributed by atoms with Crippen LogP contribution in [-0.2, 0) is 0 Å². The van der Waals surface area contributed by atoms with Crippen molar-refractivity contribution in [1.29, 1.82) is 0 Å². The number of fused-ring (bicyclic) bond motifs is 1. The molecule has 0 bridgehead atoms. The van der Waals surface area contributed by atoms with Crippen molar-refractivity contribution < 1.29 is 4.42 Å². The van der Waals surface area contributed by atoms with Gasteiger partial charge in [0.15, 0.2) is 5.58 Å². The summed E-state index contributed by atoms with van der Waals surface area (Å²) in [5.74, 6) is 0. The Labute approximate surface area is 111 Å². The fourth-order valence-electron chi connectivity index (χ4n) is 2.39. The third-order valence-corrected chi connectivity index (χ3v) is 3.59. The minimum absolute atomic E-state index is 0.391. The van der Waals surface area contributed by atoms with Gasteiger partial charge in [0, 0.05) is 30.7 Å². The van der Waals surface area contributed by atoms with Crippen molar-refractivity contribution in [3.8, 4) is 0 Å². The number of benzene rings is 1. The maximum Gasteiger partial charge on any atom is 0.298 e. The molecule has 1 N–H and O–H groups in total. The summed E-state index contributed by atoms with van der Waals surface area (Å²) < 4.78 is 5.89. The van der Waals surface area contributed by atoms with Crippen molar-refractivity contribution in [2.45, 2.75) is 19.9 Å². The van der Waals surface area contributed by atoms with Crippen molar-refractivity contribution in [1.82, 2.24) is 10.3 Å². The molecule has 1 saturated heterocycles. The van der Waals surface area contributed by atoms with E-state index in [1.807, 2.05) is 19.1 Å². The fraction of sp³-hybridized carbons (Fsp3) is 0.462. The summed E-state index contributed by atoms with van der Waals surface area (Å²) in [7, 11) is 0. The molecule has 18 heavy (non-hydrogen) atoms. The Morgan fingerprint density at radius 1 is 1.50 bits per heavy atom. The Bertz CT molecular complexity index is 581. The highest BCUT2D eigenvalue weighted by Crippen LogP contribution is 2.28. The topological polar surface area (TPSA) is 41.3 Å². The number of hydrogen-bond donors (Lipinski definition) is 1. The predicted molar refractivity (Wildman–Crippen MR) is 73.4 cm³/mol. The number of oxazole rings is 1. The van der Waals surface area contributed by atoms with Gasteiger partial charge in [0.2, 0.25) is 0 Å². The van der Waals surface area contributed by atoms with E-state index in [1.54, 1.807) is 0 Å². The Kier molecular flexibility index (Phi) is 2.92. The first-order chi connectivity index (χ1) is 8.65. The van der Waals surface area contributed by atoms with Gasteiger partial charge in [0.05, 0.1) is 0 Å². The molecule has 3 rings (SSSR count). The molecule has 0 saturated carbocycles. The number of aromatic nitrogens is 1. The van der Waals surface area contributed by atoms with Crippen LogP contribution in [0.15, 0.2) is 16.5 Å². The third-order valence-electron chi connectivity index (χ3n) is 3.38. The Balaban J connectivity index is 2.05. The fourth-order valence-corrected chi connectivity index (χ4v) is 2.66. The highest BCUT2D eigenvalue weighted by atomic mass is 35.5. The predicted octanol–water partition coefficient (Wildman–Crippen LogP) is 2.59. The molecule has 0 unspecified atom stereocenters. The van der Waals surface area contributed by atoms with Crippen LogP contribution < -0.4 is 10.2 Å². The lowest BCUT2D eigenvalue weighted by Gasteiger charge is -2.32. The van der Waals surface area contributed by atoms with E-state index >= 15 is 0 Å². The maximum absolute atomic E-state index is 6.04. The van der Waals surface area contributed by atoms with Crippen LogP contribution in [0.5, 0.6) is 0 Å². The third kappa shape index (κ3) is 1.95. The molecule has 0 spiro atoms. The summed E-state index contributed by atoms with van der Waals surface area (Å²) in [5, 5.41) is 4.06. The molecule has 0 radical (unpaired) electrons. The largest absolute Gasteiger partial charge is 0.423 e. The molecule has 1 atom stereocenters. The zero-order valence-electron chi connectivity index (χ0n) is 10.5. The number of piperazine rings is 1.